The molecule has 1 aromatic carbocycles. The average molecular weight is 390 g/mol. The van der Waals surface area contributed by atoms with E-state index < -0.39 is 0 Å². The minimum absolute atomic E-state index is 0.0175. The quantitative estimate of drug-likeness (QED) is 0.539. The minimum Gasteiger partial charge on any atom is -0.491 e. The Balaban J connectivity index is 1.26. The van der Waals surface area contributed by atoms with Crippen molar-refractivity contribution in [3.05, 3.63) is 48.9 Å². The Morgan fingerprint density at radius 3 is 3.00 bits per heavy atom. The number of nitrogens with two attached hydrogens (primary N) is 1. The average Bonchev–Trinajstić information content (AvgIpc) is 3.39. The second kappa shape index (κ2) is 7.21. The minimum atomic E-state index is -0.0770. The van der Waals surface area contributed by atoms with Crippen LogP contribution in [0.15, 0.2) is 48.9 Å². The lowest BCUT2D eigenvalue weighted by molar-refractivity contribution is -0.0156. The second-order valence-electron chi connectivity index (χ2n) is 7.12. The molecule has 8 nitrogen and oxygen atoms in total. The summed E-state index contributed by atoms with van der Waals surface area (Å²) in [6.07, 6.45) is 5.19. The van der Waals surface area contributed by atoms with Crippen molar-refractivity contribution in [2.45, 2.75) is 25.2 Å². The van der Waals surface area contributed by atoms with Crippen LogP contribution in [0.1, 0.15) is 19.1 Å². The zero-order chi connectivity index (χ0) is 19.8. The number of ether oxygens (including phenoxy) is 2. The number of aromatic nitrogens is 4. The molecule has 1 aliphatic heterocycles. The maximum absolute atomic E-state index is 6.21. The molecule has 0 bridgehead atoms. The number of pyridine rings is 1. The fourth-order valence-electron chi connectivity index (χ4n) is 3.75. The Hall–Kier alpha value is -3.39. The summed E-state index contributed by atoms with van der Waals surface area (Å²) in [6.45, 7) is 0.490. The van der Waals surface area contributed by atoms with E-state index in [1.807, 2.05) is 54.2 Å². The van der Waals surface area contributed by atoms with Gasteiger partial charge < -0.3 is 25.1 Å². The lowest BCUT2D eigenvalue weighted by Crippen LogP contribution is -2.18. The molecule has 8 heteroatoms. The first-order chi connectivity index (χ1) is 14.2. The van der Waals surface area contributed by atoms with E-state index in [0.29, 0.717) is 12.4 Å². The fraction of sp³-hybridized carbons (Fsp3) is 0.286. The first-order valence-corrected chi connectivity index (χ1v) is 9.65. The standard InChI is InChI=1S/C21H22N6O2/c1-23-18-6-3-13-2-4-14(10-17(13)26-18)28-11-15-5-7-19(29-15)27-9-8-16-20(22)24-12-25-21(16)27/h2-4,6,8-10,12,15,19H,5,7,11H2,1H3,(H,23,26)(H2,22,24,25)/t15-,19+/m0/s1. The molecular weight excluding hydrogens is 368 g/mol. The molecule has 0 aliphatic carbocycles. The van der Waals surface area contributed by atoms with Crippen LogP contribution < -0.4 is 15.8 Å². The molecule has 1 aliphatic rings. The summed E-state index contributed by atoms with van der Waals surface area (Å²) in [5.41, 5.74) is 7.63. The highest BCUT2D eigenvalue weighted by Gasteiger charge is 2.28. The lowest BCUT2D eigenvalue weighted by Gasteiger charge is -2.16. The largest absolute Gasteiger partial charge is 0.491 e. The molecule has 0 unspecified atom stereocenters. The zero-order valence-corrected chi connectivity index (χ0v) is 16.1. The Morgan fingerprint density at radius 1 is 1.21 bits per heavy atom. The Kier molecular flexibility index (Phi) is 4.40. The number of benzene rings is 1. The van der Waals surface area contributed by atoms with E-state index in [2.05, 4.69) is 20.3 Å². The van der Waals surface area contributed by atoms with Gasteiger partial charge in [0.2, 0.25) is 0 Å². The highest BCUT2D eigenvalue weighted by Crippen LogP contribution is 2.32. The molecule has 5 rings (SSSR count). The van der Waals surface area contributed by atoms with Crippen molar-refractivity contribution < 1.29 is 9.47 Å². The van der Waals surface area contributed by atoms with Crippen LogP contribution in [0.25, 0.3) is 21.9 Å². The van der Waals surface area contributed by atoms with E-state index in [9.17, 15) is 0 Å². The molecular formula is C21H22N6O2. The zero-order valence-electron chi connectivity index (χ0n) is 16.1. The van der Waals surface area contributed by atoms with Gasteiger partial charge in [0.25, 0.3) is 0 Å². The van der Waals surface area contributed by atoms with Crippen LogP contribution in [0.4, 0.5) is 11.6 Å². The second-order valence-corrected chi connectivity index (χ2v) is 7.12. The van der Waals surface area contributed by atoms with Crippen molar-refractivity contribution in [3.63, 3.8) is 0 Å². The summed E-state index contributed by atoms with van der Waals surface area (Å²) >= 11 is 0. The maximum atomic E-state index is 6.21. The number of nitrogens with one attached hydrogen (secondary N) is 1. The topological polar surface area (TPSA) is 100 Å². The van der Waals surface area contributed by atoms with Crippen LogP contribution in [0.3, 0.4) is 0 Å². The summed E-state index contributed by atoms with van der Waals surface area (Å²) in [5, 5.41) is 4.98. The smallest absolute Gasteiger partial charge is 0.147 e. The summed E-state index contributed by atoms with van der Waals surface area (Å²) < 4.78 is 14.2. The molecule has 0 spiro atoms. The molecule has 4 aromatic rings. The normalized spacial score (nSPS) is 19.1. The predicted molar refractivity (Wildman–Crippen MR) is 112 cm³/mol. The third kappa shape index (κ3) is 3.31. The van der Waals surface area contributed by atoms with E-state index in [4.69, 9.17) is 15.2 Å². The SMILES string of the molecule is CNc1ccc2ccc(OC[C@@H]3CC[C@H](n4ccc5c(N)ncnc54)O3)cc2n1. The van der Waals surface area contributed by atoms with Gasteiger partial charge in [-0.2, -0.15) is 0 Å². The molecule has 0 saturated carbocycles. The maximum Gasteiger partial charge on any atom is 0.147 e. The first-order valence-electron chi connectivity index (χ1n) is 9.65. The highest BCUT2D eigenvalue weighted by atomic mass is 16.6. The van der Waals surface area contributed by atoms with E-state index in [-0.39, 0.29) is 12.3 Å². The van der Waals surface area contributed by atoms with Crippen molar-refractivity contribution in [2.24, 2.45) is 0 Å². The van der Waals surface area contributed by atoms with Gasteiger partial charge in [-0.25, -0.2) is 15.0 Å². The van der Waals surface area contributed by atoms with Gasteiger partial charge in [0, 0.05) is 24.7 Å². The van der Waals surface area contributed by atoms with Gasteiger partial charge in [-0.15, -0.1) is 0 Å². The molecule has 0 amide bonds. The number of fused-ring (bicyclic) bond motifs is 2. The van der Waals surface area contributed by atoms with Crippen LogP contribution >= 0.6 is 0 Å². The third-order valence-electron chi connectivity index (χ3n) is 5.29. The van der Waals surface area contributed by atoms with Crippen molar-refractivity contribution in [3.8, 4) is 5.75 Å². The Bertz CT molecular complexity index is 1170. The number of nitrogens with zero attached hydrogens (tertiary/aromatic N) is 4. The third-order valence-corrected chi connectivity index (χ3v) is 5.29. The van der Waals surface area contributed by atoms with Crippen LogP contribution in [0, 0.1) is 0 Å². The lowest BCUT2D eigenvalue weighted by atomic mass is 10.2. The van der Waals surface area contributed by atoms with Crippen LogP contribution in [0.2, 0.25) is 0 Å². The molecule has 0 radical (unpaired) electrons. The van der Waals surface area contributed by atoms with E-state index in [1.54, 1.807) is 0 Å². The molecule has 1 saturated heterocycles. The molecule has 29 heavy (non-hydrogen) atoms. The van der Waals surface area contributed by atoms with E-state index >= 15 is 0 Å². The van der Waals surface area contributed by atoms with Gasteiger partial charge >= 0.3 is 0 Å². The fourth-order valence-corrected chi connectivity index (χ4v) is 3.75. The monoisotopic (exact) mass is 390 g/mol. The molecule has 2 atom stereocenters. The number of hydrogen-bond donors (Lipinski definition) is 2. The van der Waals surface area contributed by atoms with Crippen LogP contribution in [-0.4, -0.2) is 39.3 Å². The number of hydrogen-bond acceptors (Lipinski definition) is 7. The number of nitrogen functional groups attached to an aromatic ring is 1. The summed E-state index contributed by atoms with van der Waals surface area (Å²) in [6, 6.07) is 11.9. The summed E-state index contributed by atoms with van der Waals surface area (Å²) in [7, 11) is 1.86. The van der Waals surface area contributed by atoms with Gasteiger partial charge in [-0.1, -0.05) is 0 Å². The van der Waals surface area contributed by atoms with Gasteiger partial charge in [0.05, 0.1) is 17.0 Å². The van der Waals surface area contributed by atoms with Gasteiger partial charge in [-0.05, 0) is 43.2 Å². The van der Waals surface area contributed by atoms with E-state index in [1.165, 1.54) is 6.33 Å². The van der Waals surface area contributed by atoms with Crippen molar-refractivity contribution >= 4 is 33.6 Å². The molecule has 3 N–H and O–H groups in total. The first kappa shape index (κ1) is 17.7. The van der Waals surface area contributed by atoms with E-state index in [0.717, 1.165) is 46.3 Å². The van der Waals surface area contributed by atoms with Crippen molar-refractivity contribution in [1.29, 1.82) is 0 Å². The predicted octanol–water partition coefficient (Wildman–Crippen LogP) is 3.36. The summed E-state index contributed by atoms with van der Waals surface area (Å²) in [5.74, 6) is 2.11. The Labute approximate surface area is 167 Å². The van der Waals surface area contributed by atoms with Crippen molar-refractivity contribution in [1.82, 2.24) is 19.5 Å². The van der Waals surface area contributed by atoms with Gasteiger partial charge in [-0.3, -0.25) is 0 Å². The number of anilines is 2. The summed E-state index contributed by atoms with van der Waals surface area (Å²) in [4.78, 5) is 13.0. The molecule has 4 heterocycles. The molecule has 148 valence electrons. The van der Waals surface area contributed by atoms with Crippen LogP contribution in [0.5, 0.6) is 5.75 Å². The molecule has 3 aromatic heterocycles. The molecule has 1 fully saturated rings. The number of rotatable bonds is 5. The van der Waals surface area contributed by atoms with Crippen LogP contribution in [-0.2, 0) is 4.74 Å². The van der Waals surface area contributed by atoms with Gasteiger partial charge in [0.15, 0.2) is 0 Å². The van der Waals surface area contributed by atoms with Gasteiger partial charge in [0.1, 0.15) is 42.2 Å². The Morgan fingerprint density at radius 2 is 2.10 bits per heavy atom. The highest BCUT2D eigenvalue weighted by molar-refractivity contribution is 5.86. The van der Waals surface area contributed by atoms with Crippen molar-refractivity contribution in [2.75, 3.05) is 24.7 Å².